The fraction of sp³-hybridized carbons (Fsp3) is 0.600. The predicted octanol–water partition coefficient (Wildman–Crippen LogP) is 4.87. The van der Waals surface area contributed by atoms with Gasteiger partial charge in [-0.2, -0.15) is 0 Å². The van der Waals surface area contributed by atoms with E-state index in [4.69, 9.17) is 23.2 Å². The van der Waals surface area contributed by atoms with Crippen molar-refractivity contribution in [1.82, 2.24) is 0 Å². The van der Waals surface area contributed by atoms with Crippen LogP contribution in [0.4, 0.5) is 0 Å². The molecule has 1 aliphatic rings. The number of alkyl halides is 1. The lowest BCUT2D eigenvalue weighted by molar-refractivity contribution is 0.294. The third-order valence-corrected chi connectivity index (χ3v) is 4.56. The largest absolute Gasteiger partial charge is 0.127 e. The van der Waals surface area contributed by atoms with Gasteiger partial charge in [0.25, 0.3) is 0 Å². The summed E-state index contributed by atoms with van der Waals surface area (Å²) in [4.78, 5) is 1.22. The van der Waals surface area contributed by atoms with Gasteiger partial charge < -0.3 is 0 Å². The maximum atomic E-state index is 6.28. The van der Waals surface area contributed by atoms with Crippen molar-refractivity contribution >= 4 is 34.5 Å². The first-order valence-electron chi connectivity index (χ1n) is 4.65. The molecule has 1 unspecified atom stereocenters. The summed E-state index contributed by atoms with van der Waals surface area (Å²) in [6.07, 6.45) is 5.24. The van der Waals surface area contributed by atoms with Crippen molar-refractivity contribution in [3.63, 3.8) is 0 Å². The molecule has 72 valence electrons. The lowest BCUT2D eigenvalue weighted by Gasteiger charge is -2.26. The van der Waals surface area contributed by atoms with Crippen molar-refractivity contribution in [3.05, 3.63) is 21.3 Å². The average Bonchev–Trinajstić information content (AvgIpc) is 2.44. The molecule has 0 aliphatic heterocycles. The molecular formula is C10H12Cl2S. The van der Waals surface area contributed by atoms with Crippen LogP contribution in [0.2, 0.25) is 4.34 Å². The van der Waals surface area contributed by atoms with E-state index in [1.165, 1.54) is 24.1 Å². The van der Waals surface area contributed by atoms with Crippen molar-refractivity contribution in [1.29, 1.82) is 0 Å². The minimum atomic E-state index is 0.183. The highest BCUT2D eigenvalue weighted by Crippen LogP contribution is 2.40. The first-order valence-corrected chi connectivity index (χ1v) is 6.28. The average molecular weight is 235 g/mol. The molecule has 0 amide bonds. The smallest absolute Gasteiger partial charge is 0.0931 e. The second-order valence-corrected chi connectivity index (χ2v) is 5.92. The van der Waals surface area contributed by atoms with E-state index in [1.807, 2.05) is 12.1 Å². The monoisotopic (exact) mass is 234 g/mol. The lowest BCUT2D eigenvalue weighted by atomic mass is 9.82. The molecule has 0 nitrogen and oxygen atoms in total. The molecule has 3 heteroatoms. The van der Waals surface area contributed by atoms with E-state index >= 15 is 0 Å². The Balaban J connectivity index is 1.92. The molecule has 1 fully saturated rings. The fourth-order valence-corrected chi connectivity index (χ4v) is 3.14. The van der Waals surface area contributed by atoms with Crippen LogP contribution < -0.4 is 0 Å². The van der Waals surface area contributed by atoms with Crippen molar-refractivity contribution in [2.45, 2.75) is 31.1 Å². The van der Waals surface area contributed by atoms with E-state index in [0.29, 0.717) is 0 Å². The predicted molar refractivity (Wildman–Crippen MR) is 59.9 cm³/mol. The van der Waals surface area contributed by atoms with E-state index in [1.54, 1.807) is 11.3 Å². The highest BCUT2D eigenvalue weighted by atomic mass is 35.5. The SMILES string of the molecule is Clc1ccc(C(Cl)CC2CCC2)s1. The Morgan fingerprint density at radius 3 is 2.69 bits per heavy atom. The van der Waals surface area contributed by atoms with Crippen LogP contribution in [0.3, 0.4) is 0 Å². The molecule has 1 saturated carbocycles. The highest BCUT2D eigenvalue weighted by molar-refractivity contribution is 7.16. The highest BCUT2D eigenvalue weighted by Gasteiger charge is 2.22. The Hall–Kier alpha value is 0.280. The van der Waals surface area contributed by atoms with Gasteiger partial charge in [-0.25, -0.2) is 0 Å². The first-order chi connectivity index (χ1) is 6.25. The third kappa shape index (κ3) is 2.39. The van der Waals surface area contributed by atoms with Gasteiger partial charge in [-0.1, -0.05) is 30.9 Å². The van der Waals surface area contributed by atoms with Crippen LogP contribution in [-0.2, 0) is 0 Å². The summed E-state index contributed by atoms with van der Waals surface area (Å²) in [6.45, 7) is 0. The number of hydrogen-bond acceptors (Lipinski definition) is 1. The number of thiophene rings is 1. The molecule has 1 heterocycles. The molecule has 1 atom stereocenters. The number of halogens is 2. The van der Waals surface area contributed by atoms with Gasteiger partial charge in [0.15, 0.2) is 0 Å². The molecule has 1 aromatic rings. The molecule has 0 spiro atoms. The van der Waals surface area contributed by atoms with E-state index < -0.39 is 0 Å². The molecule has 13 heavy (non-hydrogen) atoms. The van der Waals surface area contributed by atoms with E-state index in [-0.39, 0.29) is 5.38 Å². The summed E-state index contributed by atoms with van der Waals surface area (Å²) in [5.74, 6) is 0.864. The van der Waals surface area contributed by atoms with Crippen molar-refractivity contribution in [2.24, 2.45) is 5.92 Å². The number of hydrogen-bond donors (Lipinski definition) is 0. The van der Waals surface area contributed by atoms with Gasteiger partial charge in [0.2, 0.25) is 0 Å². The van der Waals surface area contributed by atoms with Crippen LogP contribution in [0.5, 0.6) is 0 Å². The van der Waals surface area contributed by atoms with Crippen LogP contribution in [0.1, 0.15) is 35.9 Å². The van der Waals surface area contributed by atoms with Gasteiger partial charge in [-0.05, 0) is 24.5 Å². The molecule has 2 rings (SSSR count). The maximum Gasteiger partial charge on any atom is 0.0931 e. The first kappa shape index (κ1) is 9.82. The Kier molecular flexibility index (Phi) is 3.18. The van der Waals surface area contributed by atoms with E-state index in [2.05, 4.69) is 0 Å². The summed E-state index contributed by atoms with van der Waals surface area (Å²) in [7, 11) is 0. The number of rotatable bonds is 3. The Labute approximate surface area is 92.9 Å². The molecule has 1 aliphatic carbocycles. The minimum Gasteiger partial charge on any atom is -0.127 e. The summed E-state index contributed by atoms with van der Waals surface area (Å²) >= 11 is 13.7. The van der Waals surface area contributed by atoms with Gasteiger partial charge in [0.1, 0.15) is 0 Å². The zero-order chi connectivity index (χ0) is 9.26. The summed E-state index contributed by atoms with van der Waals surface area (Å²) in [5.41, 5.74) is 0. The zero-order valence-corrected chi connectivity index (χ0v) is 9.63. The Morgan fingerprint density at radius 2 is 2.23 bits per heavy atom. The van der Waals surface area contributed by atoms with E-state index in [0.717, 1.165) is 16.7 Å². The topological polar surface area (TPSA) is 0 Å². The summed E-state index contributed by atoms with van der Waals surface area (Å²) < 4.78 is 0.842. The molecule has 0 radical (unpaired) electrons. The zero-order valence-electron chi connectivity index (χ0n) is 7.30. The van der Waals surface area contributed by atoms with Gasteiger partial charge in [0, 0.05) is 4.88 Å². The van der Waals surface area contributed by atoms with Gasteiger partial charge in [0.05, 0.1) is 9.71 Å². The van der Waals surface area contributed by atoms with Crippen LogP contribution in [0, 0.1) is 5.92 Å². The molecule has 1 aromatic heterocycles. The quantitative estimate of drug-likeness (QED) is 0.655. The molecular weight excluding hydrogens is 223 g/mol. The summed E-state index contributed by atoms with van der Waals surface area (Å²) in [6, 6.07) is 3.97. The second-order valence-electron chi connectivity index (χ2n) is 3.64. The molecule has 0 aromatic carbocycles. The van der Waals surface area contributed by atoms with Crippen LogP contribution in [0.15, 0.2) is 12.1 Å². The van der Waals surface area contributed by atoms with Crippen molar-refractivity contribution < 1.29 is 0 Å². The lowest BCUT2D eigenvalue weighted by Crippen LogP contribution is -2.12. The van der Waals surface area contributed by atoms with Crippen LogP contribution >= 0.6 is 34.5 Å². The van der Waals surface area contributed by atoms with E-state index in [9.17, 15) is 0 Å². The van der Waals surface area contributed by atoms with Crippen molar-refractivity contribution in [2.75, 3.05) is 0 Å². The Bertz CT molecular complexity index is 278. The molecule has 0 N–H and O–H groups in total. The van der Waals surface area contributed by atoms with Gasteiger partial charge >= 0.3 is 0 Å². The third-order valence-electron chi connectivity index (χ3n) is 2.67. The Morgan fingerprint density at radius 1 is 1.46 bits per heavy atom. The van der Waals surface area contributed by atoms with Crippen LogP contribution in [0.25, 0.3) is 0 Å². The van der Waals surface area contributed by atoms with Crippen LogP contribution in [-0.4, -0.2) is 0 Å². The molecule has 0 saturated heterocycles. The molecule has 0 bridgehead atoms. The van der Waals surface area contributed by atoms with Crippen molar-refractivity contribution in [3.8, 4) is 0 Å². The fourth-order valence-electron chi connectivity index (χ4n) is 1.63. The van der Waals surface area contributed by atoms with Gasteiger partial charge in [-0.3, -0.25) is 0 Å². The van der Waals surface area contributed by atoms with Gasteiger partial charge in [-0.15, -0.1) is 22.9 Å². The maximum absolute atomic E-state index is 6.28. The normalized spacial score (nSPS) is 19.8. The second kappa shape index (κ2) is 4.20. The standard InChI is InChI=1S/C10H12Cl2S/c11-8(6-7-2-1-3-7)9-4-5-10(12)13-9/h4-5,7-8H,1-3,6H2. The summed E-state index contributed by atoms with van der Waals surface area (Å²) in [5, 5.41) is 0.183. The minimum absolute atomic E-state index is 0.183.